The number of hydrogen-bond donors (Lipinski definition) is 0. The Bertz CT molecular complexity index is 2650. The monoisotopic (exact) mass is 757 g/mol. The first-order valence-electron chi connectivity index (χ1n) is 19.8. The molecule has 9 nitrogen and oxygen atoms in total. The lowest BCUT2D eigenvalue weighted by atomic mass is 9.77. The molecule has 284 valence electrons. The van der Waals surface area contributed by atoms with Gasteiger partial charge in [0.15, 0.2) is 22.8 Å². The van der Waals surface area contributed by atoms with Gasteiger partial charge in [-0.3, -0.25) is 0 Å². The molecule has 0 aliphatic rings. The number of unbranched alkanes of at least 4 members (excludes halogenated alkanes) is 1. The maximum absolute atomic E-state index is 5.10. The van der Waals surface area contributed by atoms with E-state index in [9.17, 15) is 0 Å². The van der Waals surface area contributed by atoms with E-state index in [1.165, 1.54) is 5.56 Å². The highest BCUT2D eigenvalue weighted by molar-refractivity contribution is 5.87. The van der Waals surface area contributed by atoms with Gasteiger partial charge in [0, 0.05) is 31.3 Å². The van der Waals surface area contributed by atoms with Crippen LogP contribution in [0.2, 0.25) is 0 Å². The molecule has 3 aromatic heterocycles. The minimum atomic E-state index is -0.858. The number of fused-ring (bicyclic) bond motifs is 1. The van der Waals surface area contributed by atoms with Crippen molar-refractivity contribution in [3.8, 4) is 33.9 Å². The lowest BCUT2D eigenvalue weighted by molar-refractivity contribution is 0.451. The fourth-order valence-corrected chi connectivity index (χ4v) is 8.10. The zero-order valence-electron chi connectivity index (χ0n) is 32.6. The summed E-state index contributed by atoms with van der Waals surface area (Å²) < 4.78 is 4.05. The van der Waals surface area contributed by atoms with Gasteiger partial charge in [-0.1, -0.05) is 183 Å². The molecule has 3 heterocycles. The molecule has 0 saturated carbocycles. The van der Waals surface area contributed by atoms with Crippen molar-refractivity contribution in [3.63, 3.8) is 0 Å². The van der Waals surface area contributed by atoms with E-state index in [1.54, 1.807) is 6.33 Å². The molecule has 0 bridgehead atoms. The van der Waals surface area contributed by atoms with E-state index >= 15 is 0 Å². The topological polar surface area (TPSA) is 90.4 Å². The van der Waals surface area contributed by atoms with Gasteiger partial charge in [0.25, 0.3) is 0 Å². The van der Waals surface area contributed by atoms with Crippen LogP contribution in [0.5, 0.6) is 0 Å². The third kappa shape index (κ3) is 6.60. The minimum absolute atomic E-state index is 0.667. The quantitative estimate of drug-likeness (QED) is 0.108. The average Bonchev–Trinajstić information content (AvgIpc) is 3.92. The maximum Gasteiger partial charge on any atom is 0.184 e. The summed E-state index contributed by atoms with van der Waals surface area (Å²) in [4.78, 5) is 16.9. The molecular weight excluding hydrogens is 715 g/mol. The van der Waals surface area contributed by atoms with Gasteiger partial charge in [-0.2, -0.15) is 0 Å². The van der Waals surface area contributed by atoms with Gasteiger partial charge in [-0.25, -0.2) is 19.6 Å². The van der Waals surface area contributed by atoms with E-state index in [0.29, 0.717) is 12.4 Å². The Labute approximate surface area is 338 Å². The normalized spacial score (nSPS) is 11.6. The summed E-state index contributed by atoms with van der Waals surface area (Å²) in [6.45, 7) is 3.74. The van der Waals surface area contributed by atoms with E-state index in [0.717, 1.165) is 81.1 Å². The van der Waals surface area contributed by atoms with Crippen LogP contribution in [0.3, 0.4) is 0 Å². The largest absolute Gasteiger partial charge is 0.350 e. The smallest absolute Gasteiger partial charge is 0.184 e. The third-order valence-corrected chi connectivity index (χ3v) is 10.9. The first-order valence-corrected chi connectivity index (χ1v) is 19.8. The van der Waals surface area contributed by atoms with E-state index < -0.39 is 5.54 Å². The van der Waals surface area contributed by atoms with Gasteiger partial charge in [-0.05, 0) is 50.2 Å². The van der Waals surface area contributed by atoms with Crippen molar-refractivity contribution in [2.75, 3.05) is 11.4 Å². The molecule has 0 amide bonds. The summed E-state index contributed by atoms with van der Waals surface area (Å²) in [5.74, 6) is 2.38. The highest BCUT2D eigenvalue weighted by Gasteiger charge is 2.42. The summed E-state index contributed by atoms with van der Waals surface area (Å²) in [5.41, 5.74) is 9.19. The maximum atomic E-state index is 5.10. The number of rotatable bonds is 13. The summed E-state index contributed by atoms with van der Waals surface area (Å²) in [7, 11) is 2.02. The number of aryl methyl sites for hydroxylation is 1. The fraction of sp³-hybridized carbons (Fsp3) is 0.143. The van der Waals surface area contributed by atoms with Crippen LogP contribution in [0.25, 0.3) is 45.1 Å². The summed E-state index contributed by atoms with van der Waals surface area (Å²) >= 11 is 0. The molecule has 6 aromatic carbocycles. The van der Waals surface area contributed by atoms with E-state index in [-0.39, 0.29) is 0 Å². The van der Waals surface area contributed by atoms with E-state index in [2.05, 4.69) is 160 Å². The van der Waals surface area contributed by atoms with Crippen molar-refractivity contribution in [2.24, 2.45) is 7.05 Å². The van der Waals surface area contributed by atoms with Crippen molar-refractivity contribution in [3.05, 3.63) is 198 Å². The van der Waals surface area contributed by atoms with Gasteiger partial charge in [-0.15, -0.1) is 5.10 Å². The van der Waals surface area contributed by atoms with Crippen LogP contribution < -0.4 is 4.90 Å². The Hall–Kier alpha value is -7.26. The Morgan fingerprint density at radius 3 is 1.76 bits per heavy atom. The number of tetrazole rings is 1. The minimum Gasteiger partial charge on any atom is -0.350 e. The third-order valence-electron chi connectivity index (χ3n) is 10.9. The van der Waals surface area contributed by atoms with Crippen LogP contribution >= 0.6 is 0 Å². The SMILES string of the molecule is CCCCN(Cc1ccc(-c2ccccc2-c2nnnn2C(c2ccccc2)(c2ccccc2)c2ccccc2)cc1)c1ncnc2c1nc(-c1ccccc1)n2C. The first kappa shape index (κ1) is 36.4. The Balaban J connectivity index is 1.10. The summed E-state index contributed by atoms with van der Waals surface area (Å²) in [6.07, 6.45) is 3.75. The van der Waals surface area contributed by atoms with Gasteiger partial charge in [0.1, 0.15) is 17.7 Å². The molecule has 9 rings (SSSR count). The van der Waals surface area contributed by atoms with Crippen LogP contribution in [-0.2, 0) is 19.1 Å². The molecule has 0 fully saturated rings. The molecule has 0 spiro atoms. The molecule has 0 atom stereocenters. The first-order chi connectivity index (χ1) is 28.7. The van der Waals surface area contributed by atoms with Crippen molar-refractivity contribution >= 4 is 17.0 Å². The van der Waals surface area contributed by atoms with Gasteiger partial charge >= 0.3 is 0 Å². The van der Waals surface area contributed by atoms with Crippen molar-refractivity contribution in [2.45, 2.75) is 31.8 Å². The van der Waals surface area contributed by atoms with Gasteiger partial charge in [0.2, 0.25) is 0 Å². The van der Waals surface area contributed by atoms with Crippen LogP contribution in [0.15, 0.2) is 176 Å². The number of imidazole rings is 1. The van der Waals surface area contributed by atoms with E-state index in [4.69, 9.17) is 20.3 Å². The number of hydrogen-bond acceptors (Lipinski definition) is 7. The second-order valence-electron chi connectivity index (χ2n) is 14.5. The Kier molecular flexibility index (Phi) is 10.1. The molecule has 0 aliphatic carbocycles. The summed E-state index contributed by atoms with van der Waals surface area (Å²) in [5, 5.41) is 13.9. The standard InChI is InChI=1S/C49H43N9/c1-3-4-33-57(48-44-47(50-35-51-48)56(2)45(52-44)38-19-9-5-10-20-38)34-36-29-31-37(32-30-36)42-27-17-18-28-43(42)46-53-54-55-58(46)49(39-21-11-6-12-22-39,40-23-13-7-14-24-40)41-25-15-8-16-26-41/h5-32,35H,3-4,33-34H2,1-2H3. The van der Waals surface area contributed by atoms with Gasteiger partial charge < -0.3 is 9.47 Å². The lowest BCUT2D eigenvalue weighted by Crippen LogP contribution is -2.39. The van der Waals surface area contributed by atoms with Crippen molar-refractivity contribution in [1.29, 1.82) is 0 Å². The second kappa shape index (κ2) is 16.1. The van der Waals surface area contributed by atoms with E-state index in [1.807, 2.05) is 48.1 Å². The molecule has 0 aliphatic heterocycles. The molecule has 9 aromatic rings. The molecule has 0 radical (unpaired) electrons. The van der Waals surface area contributed by atoms with Crippen molar-refractivity contribution in [1.82, 2.24) is 39.7 Å². The number of benzene rings is 6. The zero-order valence-corrected chi connectivity index (χ0v) is 32.6. The molecular formula is C49H43N9. The predicted octanol–water partition coefficient (Wildman–Crippen LogP) is 10.00. The highest BCUT2D eigenvalue weighted by Crippen LogP contribution is 2.43. The van der Waals surface area contributed by atoms with Crippen LogP contribution in [0.4, 0.5) is 5.82 Å². The molecule has 58 heavy (non-hydrogen) atoms. The molecule has 9 heteroatoms. The molecule has 0 N–H and O–H groups in total. The zero-order chi connectivity index (χ0) is 39.3. The molecule has 0 unspecified atom stereocenters. The number of nitrogens with zero attached hydrogens (tertiary/aromatic N) is 9. The summed E-state index contributed by atoms with van der Waals surface area (Å²) in [6, 6.07) is 58.9. The lowest BCUT2D eigenvalue weighted by Gasteiger charge is -2.36. The van der Waals surface area contributed by atoms with Crippen molar-refractivity contribution < 1.29 is 0 Å². The van der Waals surface area contributed by atoms with Crippen LogP contribution in [0, 0.1) is 0 Å². The number of anilines is 1. The number of aromatic nitrogens is 8. The van der Waals surface area contributed by atoms with Crippen LogP contribution in [-0.4, -0.2) is 46.3 Å². The fourth-order valence-electron chi connectivity index (χ4n) is 8.10. The van der Waals surface area contributed by atoms with Crippen LogP contribution in [0.1, 0.15) is 42.0 Å². The molecule has 0 saturated heterocycles. The highest BCUT2D eigenvalue weighted by atomic mass is 15.6. The average molecular weight is 758 g/mol. The predicted molar refractivity (Wildman–Crippen MR) is 231 cm³/mol. The second-order valence-corrected chi connectivity index (χ2v) is 14.5. The Morgan fingerprint density at radius 2 is 1.16 bits per heavy atom. The Morgan fingerprint density at radius 1 is 0.586 bits per heavy atom. The van der Waals surface area contributed by atoms with Gasteiger partial charge in [0.05, 0.1) is 0 Å².